The van der Waals surface area contributed by atoms with E-state index in [0.29, 0.717) is 13.0 Å². The lowest BCUT2D eigenvalue weighted by atomic mass is 9.85. The molecule has 0 radical (unpaired) electrons. The van der Waals surface area contributed by atoms with Crippen LogP contribution in [0.2, 0.25) is 0 Å². The number of carbonyl (C=O) groups excluding carboxylic acids is 1. The molecule has 9 nitrogen and oxygen atoms in total. The highest BCUT2D eigenvalue weighted by Crippen LogP contribution is 2.48. The van der Waals surface area contributed by atoms with Crippen LogP contribution in [0.4, 0.5) is 18.9 Å². The number of anilines is 1. The van der Waals surface area contributed by atoms with E-state index in [1.165, 1.54) is 18.2 Å². The van der Waals surface area contributed by atoms with Gasteiger partial charge in [0.1, 0.15) is 27.6 Å². The SMILES string of the molecule is CC1(C)C(N)=N[C@](C)(c2cc(NC(=O)c3cnc(OC(F)F)cn3)ccc2F)[C@@H]2CCN=[S@@]21=O. The standard InChI is InChI=1S/C21H23F3N6O3S/c1-20(2)18(25)30-21(3,15-6-7-28-34(15,20)32)12-8-11(4-5-13(12)22)29-17(31)14-9-27-16(10-26-14)33-19(23)24/h4-5,8-10,15,19H,6-7H2,1-3H3,(H2,25,30)(H,29,31)/t15-,21+,34+/m0/s1. The average molecular weight is 497 g/mol. The van der Waals surface area contributed by atoms with Crippen molar-refractivity contribution < 1.29 is 26.9 Å². The second kappa shape index (κ2) is 8.22. The molecule has 0 spiro atoms. The Morgan fingerprint density at radius 2 is 2.00 bits per heavy atom. The maximum Gasteiger partial charge on any atom is 0.388 e. The van der Waals surface area contributed by atoms with Gasteiger partial charge in [-0.3, -0.25) is 9.79 Å². The number of aromatic nitrogens is 2. The summed E-state index contributed by atoms with van der Waals surface area (Å²) in [5.41, 5.74) is 5.10. The third kappa shape index (κ3) is 3.77. The van der Waals surface area contributed by atoms with E-state index in [4.69, 9.17) is 5.73 Å². The molecule has 13 heteroatoms. The van der Waals surface area contributed by atoms with E-state index in [-0.39, 0.29) is 22.8 Å². The summed E-state index contributed by atoms with van der Waals surface area (Å²) in [5, 5.41) is 1.99. The summed E-state index contributed by atoms with van der Waals surface area (Å²) in [4.78, 5) is 24.5. The van der Waals surface area contributed by atoms with Crippen molar-refractivity contribution in [1.29, 1.82) is 0 Å². The first-order valence-electron chi connectivity index (χ1n) is 10.3. The van der Waals surface area contributed by atoms with Gasteiger partial charge in [0.05, 0.1) is 27.4 Å². The third-order valence-corrected chi connectivity index (χ3v) is 9.93. The van der Waals surface area contributed by atoms with Gasteiger partial charge in [-0.1, -0.05) is 0 Å². The van der Waals surface area contributed by atoms with Gasteiger partial charge in [-0.25, -0.2) is 22.9 Å². The van der Waals surface area contributed by atoms with Crippen LogP contribution < -0.4 is 15.8 Å². The minimum atomic E-state index is -3.07. The topological polar surface area (TPSA) is 132 Å². The number of amidine groups is 1. The number of alkyl halides is 2. The summed E-state index contributed by atoms with van der Waals surface area (Å²) in [5.74, 6) is -1.62. The average Bonchev–Trinajstić information content (AvgIpc) is 3.18. The summed E-state index contributed by atoms with van der Waals surface area (Å²) in [6, 6.07) is 3.92. The summed E-state index contributed by atoms with van der Waals surface area (Å²) < 4.78 is 61.0. The van der Waals surface area contributed by atoms with E-state index in [1.54, 1.807) is 20.8 Å². The monoisotopic (exact) mass is 496 g/mol. The highest BCUT2D eigenvalue weighted by Gasteiger charge is 2.56. The molecule has 0 unspecified atom stereocenters. The number of rotatable bonds is 5. The van der Waals surface area contributed by atoms with Crippen molar-refractivity contribution >= 4 is 27.2 Å². The fraction of sp³-hybridized carbons (Fsp3) is 0.429. The lowest BCUT2D eigenvalue weighted by Crippen LogP contribution is -2.58. The molecule has 1 amide bonds. The Kier molecular flexibility index (Phi) is 5.78. The number of hydrogen-bond acceptors (Lipinski definition) is 8. The first-order chi connectivity index (χ1) is 15.9. The minimum Gasteiger partial charge on any atom is -0.415 e. The zero-order valence-electron chi connectivity index (χ0n) is 18.6. The van der Waals surface area contributed by atoms with Gasteiger partial charge in [0.15, 0.2) is 0 Å². The van der Waals surface area contributed by atoms with Gasteiger partial charge in [-0.05, 0) is 45.4 Å². The number of nitrogens with one attached hydrogen (secondary N) is 1. The third-order valence-electron chi connectivity index (χ3n) is 6.23. The zero-order chi connectivity index (χ0) is 24.9. The van der Waals surface area contributed by atoms with Crippen LogP contribution >= 0.6 is 0 Å². The van der Waals surface area contributed by atoms with Crippen LogP contribution in [0, 0.1) is 5.82 Å². The lowest BCUT2D eigenvalue weighted by Gasteiger charge is -2.44. The van der Waals surface area contributed by atoms with Crippen molar-refractivity contribution in [3.05, 3.63) is 47.7 Å². The van der Waals surface area contributed by atoms with Crippen molar-refractivity contribution in [3.63, 3.8) is 0 Å². The molecule has 3 atom stereocenters. The summed E-state index contributed by atoms with van der Waals surface area (Å²) >= 11 is 0. The highest BCUT2D eigenvalue weighted by molar-refractivity contribution is 7.96. The number of carbonyl (C=O) groups is 1. The number of aliphatic imine (C=N–C) groups is 1. The van der Waals surface area contributed by atoms with E-state index in [9.17, 15) is 17.8 Å². The largest absolute Gasteiger partial charge is 0.415 e. The zero-order valence-corrected chi connectivity index (χ0v) is 19.4. The van der Waals surface area contributed by atoms with Gasteiger partial charge in [-0.2, -0.15) is 8.78 Å². The molecule has 0 aliphatic carbocycles. The quantitative estimate of drug-likeness (QED) is 0.654. The van der Waals surface area contributed by atoms with Crippen LogP contribution in [0.25, 0.3) is 0 Å². The molecule has 2 aliphatic rings. The molecule has 34 heavy (non-hydrogen) atoms. The van der Waals surface area contributed by atoms with E-state index in [0.717, 1.165) is 12.4 Å². The highest BCUT2D eigenvalue weighted by atomic mass is 32.2. The molecular formula is C21H23F3N6O3S. The van der Waals surface area contributed by atoms with E-state index in [2.05, 4.69) is 29.4 Å². The van der Waals surface area contributed by atoms with Crippen molar-refractivity contribution in [2.24, 2.45) is 15.1 Å². The van der Waals surface area contributed by atoms with Crippen molar-refractivity contribution in [1.82, 2.24) is 9.97 Å². The molecule has 0 saturated heterocycles. The summed E-state index contributed by atoms with van der Waals surface area (Å²) in [7, 11) is -2.86. The van der Waals surface area contributed by atoms with Crippen molar-refractivity contribution in [2.45, 2.75) is 49.3 Å². The number of nitrogens with two attached hydrogens (primary N) is 1. The molecule has 2 aliphatic heterocycles. The number of halogens is 3. The molecular weight excluding hydrogens is 473 g/mol. The van der Waals surface area contributed by atoms with Crippen molar-refractivity contribution in [2.75, 3.05) is 11.9 Å². The van der Waals surface area contributed by atoms with Crippen LogP contribution in [0.3, 0.4) is 0 Å². The van der Waals surface area contributed by atoms with Crippen LogP contribution in [-0.4, -0.2) is 49.1 Å². The molecule has 4 rings (SSSR count). The Morgan fingerprint density at radius 1 is 1.26 bits per heavy atom. The Hall–Kier alpha value is -3.22. The number of ether oxygens (including phenoxy) is 1. The first-order valence-corrected chi connectivity index (χ1v) is 11.9. The van der Waals surface area contributed by atoms with Gasteiger partial charge in [0.25, 0.3) is 5.91 Å². The number of amides is 1. The molecule has 3 N–H and O–H groups in total. The molecule has 2 aromatic rings. The van der Waals surface area contributed by atoms with E-state index in [1.807, 2.05) is 0 Å². The number of fused-ring (bicyclic) bond motifs is 1. The van der Waals surface area contributed by atoms with Crippen LogP contribution in [-0.2, 0) is 15.3 Å². The van der Waals surface area contributed by atoms with Gasteiger partial charge < -0.3 is 15.8 Å². The molecule has 1 aromatic carbocycles. The second-order valence-electron chi connectivity index (χ2n) is 8.62. The fourth-order valence-electron chi connectivity index (χ4n) is 4.28. The van der Waals surface area contributed by atoms with Gasteiger partial charge >= 0.3 is 6.61 Å². The van der Waals surface area contributed by atoms with Crippen LogP contribution in [0.5, 0.6) is 5.88 Å². The fourth-order valence-corrected chi connectivity index (χ4v) is 7.44. The first kappa shape index (κ1) is 23.9. The predicted molar refractivity (Wildman–Crippen MR) is 120 cm³/mol. The lowest BCUT2D eigenvalue weighted by molar-refractivity contribution is -0.0531. The number of hydrogen-bond donors (Lipinski definition) is 2. The van der Waals surface area contributed by atoms with Gasteiger partial charge in [0.2, 0.25) is 5.88 Å². The van der Waals surface area contributed by atoms with Gasteiger partial charge in [-0.15, -0.1) is 0 Å². The van der Waals surface area contributed by atoms with E-state index < -0.39 is 49.5 Å². The van der Waals surface area contributed by atoms with E-state index >= 15 is 4.39 Å². The molecule has 1 aromatic heterocycles. The Balaban J connectivity index is 1.67. The van der Waals surface area contributed by atoms with Crippen molar-refractivity contribution in [3.8, 4) is 5.88 Å². The molecule has 0 saturated carbocycles. The maximum atomic E-state index is 15.1. The summed E-state index contributed by atoms with van der Waals surface area (Å²) in [6.45, 7) is 2.39. The number of nitrogens with zero attached hydrogens (tertiary/aromatic N) is 4. The summed E-state index contributed by atoms with van der Waals surface area (Å²) in [6.07, 6.45) is 2.32. The minimum absolute atomic E-state index is 0.116. The smallest absolute Gasteiger partial charge is 0.388 e. The van der Waals surface area contributed by atoms with Gasteiger partial charge in [0, 0.05) is 17.8 Å². The number of benzene rings is 1. The maximum absolute atomic E-state index is 15.1. The Labute approximate surface area is 194 Å². The molecule has 0 bridgehead atoms. The Bertz CT molecular complexity index is 1290. The normalized spacial score (nSPS) is 27.5. The second-order valence-corrected chi connectivity index (χ2v) is 11.6. The molecule has 182 valence electrons. The van der Waals surface area contributed by atoms with Crippen LogP contribution in [0.15, 0.2) is 39.9 Å². The van der Waals surface area contributed by atoms with Crippen LogP contribution in [0.1, 0.15) is 43.2 Å². The predicted octanol–water partition coefficient (Wildman–Crippen LogP) is 3.07. The Morgan fingerprint density at radius 3 is 2.65 bits per heavy atom. The molecule has 0 fully saturated rings. The molecule has 3 heterocycles.